The fraction of sp³-hybridized carbons (Fsp3) is 0.538. The normalized spacial score (nSPS) is 13.9. The highest BCUT2D eigenvalue weighted by Crippen LogP contribution is 2.28. The summed E-state index contributed by atoms with van der Waals surface area (Å²) >= 11 is 6.28. The maximum Gasteiger partial charge on any atom is 0.115 e. The zero-order chi connectivity index (χ0) is 11.5. The summed E-state index contributed by atoms with van der Waals surface area (Å²) in [6.45, 7) is 6.44. The standard InChI is InChI=1S/C13H19ClO/c1-13(2,3)12(14)8-7-10-5-4-6-11(15)9-10/h4-6,9,12,15H,7-8H2,1-3H3. The van der Waals surface area contributed by atoms with Crippen molar-refractivity contribution >= 4 is 11.6 Å². The minimum Gasteiger partial charge on any atom is -0.508 e. The average Bonchev–Trinajstić information content (AvgIpc) is 2.12. The summed E-state index contributed by atoms with van der Waals surface area (Å²) in [5.41, 5.74) is 1.28. The molecule has 15 heavy (non-hydrogen) atoms. The van der Waals surface area contributed by atoms with Crippen molar-refractivity contribution in [2.75, 3.05) is 0 Å². The van der Waals surface area contributed by atoms with Crippen molar-refractivity contribution in [3.8, 4) is 5.75 Å². The molecule has 0 saturated heterocycles. The van der Waals surface area contributed by atoms with Gasteiger partial charge in [0.2, 0.25) is 0 Å². The van der Waals surface area contributed by atoms with Crippen LogP contribution >= 0.6 is 11.6 Å². The summed E-state index contributed by atoms with van der Waals surface area (Å²) in [5.74, 6) is 0.328. The van der Waals surface area contributed by atoms with Crippen LogP contribution in [0, 0.1) is 5.41 Å². The lowest BCUT2D eigenvalue weighted by atomic mass is 9.88. The topological polar surface area (TPSA) is 20.2 Å². The Morgan fingerprint density at radius 1 is 1.33 bits per heavy atom. The first-order valence-corrected chi connectivity index (χ1v) is 5.75. The zero-order valence-electron chi connectivity index (χ0n) is 9.63. The van der Waals surface area contributed by atoms with Crippen molar-refractivity contribution < 1.29 is 5.11 Å². The van der Waals surface area contributed by atoms with Gasteiger partial charge in [0, 0.05) is 5.38 Å². The van der Waals surface area contributed by atoms with Crippen LogP contribution in [0.1, 0.15) is 32.8 Å². The van der Waals surface area contributed by atoms with Gasteiger partial charge in [-0.1, -0.05) is 32.9 Å². The van der Waals surface area contributed by atoms with Crippen LogP contribution in [0.25, 0.3) is 0 Å². The number of phenols is 1. The SMILES string of the molecule is CC(C)(C)C(Cl)CCc1cccc(O)c1. The molecule has 1 N–H and O–H groups in total. The number of hydrogen-bond acceptors (Lipinski definition) is 1. The second kappa shape index (κ2) is 4.89. The third kappa shape index (κ3) is 4.13. The van der Waals surface area contributed by atoms with Crippen molar-refractivity contribution in [3.05, 3.63) is 29.8 Å². The molecule has 0 spiro atoms. The van der Waals surface area contributed by atoms with Crippen molar-refractivity contribution in [1.82, 2.24) is 0 Å². The lowest BCUT2D eigenvalue weighted by Gasteiger charge is -2.25. The molecule has 1 unspecified atom stereocenters. The molecule has 1 nitrogen and oxygen atoms in total. The fourth-order valence-corrected chi connectivity index (χ4v) is 1.55. The molecule has 2 heteroatoms. The highest BCUT2D eigenvalue weighted by molar-refractivity contribution is 6.21. The Bertz CT molecular complexity index is 315. The molecule has 1 rings (SSSR count). The van der Waals surface area contributed by atoms with Crippen molar-refractivity contribution in [1.29, 1.82) is 0 Å². The van der Waals surface area contributed by atoms with Gasteiger partial charge >= 0.3 is 0 Å². The number of hydrogen-bond donors (Lipinski definition) is 1. The number of halogens is 1. The quantitative estimate of drug-likeness (QED) is 0.774. The number of aryl methyl sites for hydroxylation is 1. The Hall–Kier alpha value is -0.690. The number of rotatable bonds is 3. The van der Waals surface area contributed by atoms with Crippen molar-refractivity contribution in [2.24, 2.45) is 5.41 Å². The van der Waals surface area contributed by atoms with E-state index in [0.29, 0.717) is 5.75 Å². The van der Waals surface area contributed by atoms with Crippen LogP contribution in [0.2, 0.25) is 0 Å². The zero-order valence-corrected chi connectivity index (χ0v) is 10.4. The van der Waals surface area contributed by atoms with Gasteiger partial charge in [0.15, 0.2) is 0 Å². The highest BCUT2D eigenvalue weighted by atomic mass is 35.5. The molecule has 0 aromatic heterocycles. The monoisotopic (exact) mass is 226 g/mol. The van der Waals surface area contributed by atoms with Crippen LogP contribution in [0.15, 0.2) is 24.3 Å². The summed E-state index contributed by atoms with van der Waals surface area (Å²) in [5, 5.41) is 9.47. The predicted molar refractivity (Wildman–Crippen MR) is 65.5 cm³/mol. The minimum atomic E-state index is 0.137. The Morgan fingerprint density at radius 2 is 2.00 bits per heavy atom. The van der Waals surface area contributed by atoms with Gasteiger partial charge in [-0.15, -0.1) is 11.6 Å². The van der Waals surface area contributed by atoms with E-state index < -0.39 is 0 Å². The van der Waals surface area contributed by atoms with E-state index in [1.807, 2.05) is 12.1 Å². The van der Waals surface area contributed by atoms with Gasteiger partial charge in [-0.25, -0.2) is 0 Å². The summed E-state index contributed by atoms with van der Waals surface area (Å²) in [6, 6.07) is 7.37. The van der Waals surface area contributed by atoms with Crippen LogP contribution in [0.4, 0.5) is 0 Å². The number of aromatic hydroxyl groups is 1. The van der Waals surface area contributed by atoms with E-state index in [2.05, 4.69) is 20.8 Å². The van der Waals surface area contributed by atoms with Gasteiger partial charge < -0.3 is 5.11 Å². The van der Waals surface area contributed by atoms with Crippen LogP contribution in [-0.4, -0.2) is 10.5 Å². The van der Waals surface area contributed by atoms with Gasteiger partial charge in [0.1, 0.15) is 5.75 Å². The lowest BCUT2D eigenvalue weighted by molar-refractivity contribution is 0.374. The molecular formula is C13H19ClO. The van der Waals surface area contributed by atoms with Crippen molar-refractivity contribution in [2.45, 2.75) is 39.0 Å². The van der Waals surface area contributed by atoms with Crippen LogP contribution in [0.3, 0.4) is 0 Å². The van der Waals surface area contributed by atoms with Gasteiger partial charge in [-0.05, 0) is 36.0 Å². The van der Waals surface area contributed by atoms with E-state index in [1.54, 1.807) is 12.1 Å². The second-order valence-corrected chi connectivity index (χ2v) is 5.57. The first-order chi connectivity index (χ1) is 6.89. The van der Waals surface area contributed by atoms with Crippen LogP contribution in [-0.2, 0) is 6.42 Å². The molecule has 0 amide bonds. The average molecular weight is 227 g/mol. The maximum absolute atomic E-state index is 9.31. The highest BCUT2D eigenvalue weighted by Gasteiger charge is 2.21. The van der Waals surface area contributed by atoms with E-state index in [1.165, 1.54) is 0 Å². The van der Waals surface area contributed by atoms with Gasteiger partial charge in [-0.3, -0.25) is 0 Å². The Balaban J connectivity index is 2.51. The fourth-order valence-electron chi connectivity index (χ4n) is 1.44. The molecule has 0 aliphatic heterocycles. The Labute approximate surface area is 97.1 Å². The molecule has 0 bridgehead atoms. The van der Waals surface area contributed by atoms with E-state index in [0.717, 1.165) is 18.4 Å². The first-order valence-electron chi connectivity index (χ1n) is 5.31. The summed E-state index contributed by atoms with van der Waals surface area (Å²) in [4.78, 5) is 0. The van der Waals surface area contributed by atoms with Gasteiger partial charge in [0.25, 0.3) is 0 Å². The molecule has 0 radical (unpaired) electrons. The number of alkyl halides is 1. The summed E-state index contributed by atoms with van der Waals surface area (Å²) in [6.07, 6.45) is 1.86. The minimum absolute atomic E-state index is 0.137. The van der Waals surface area contributed by atoms with Crippen LogP contribution < -0.4 is 0 Å². The molecule has 1 atom stereocenters. The smallest absolute Gasteiger partial charge is 0.115 e. The summed E-state index contributed by atoms with van der Waals surface area (Å²) in [7, 11) is 0. The Kier molecular flexibility index (Phi) is 4.04. The van der Waals surface area contributed by atoms with E-state index in [9.17, 15) is 5.11 Å². The third-order valence-electron chi connectivity index (χ3n) is 2.54. The maximum atomic E-state index is 9.31. The lowest BCUT2D eigenvalue weighted by Crippen LogP contribution is -2.21. The third-order valence-corrected chi connectivity index (χ3v) is 3.41. The van der Waals surface area contributed by atoms with Gasteiger partial charge in [0.05, 0.1) is 0 Å². The molecular weight excluding hydrogens is 208 g/mol. The molecule has 0 aliphatic carbocycles. The predicted octanol–water partition coefficient (Wildman–Crippen LogP) is 3.98. The molecule has 0 heterocycles. The van der Waals surface area contributed by atoms with E-state index in [4.69, 9.17) is 11.6 Å². The second-order valence-electron chi connectivity index (χ2n) is 5.04. The summed E-state index contributed by atoms with van der Waals surface area (Å²) < 4.78 is 0. The Morgan fingerprint density at radius 3 is 2.53 bits per heavy atom. The molecule has 1 aromatic rings. The molecule has 84 valence electrons. The molecule has 0 aliphatic rings. The van der Waals surface area contributed by atoms with Crippen LogP contribution in [0.5, 0.6) is 5.75 Å². The number of benzene rings is 1. The first kappa shape index (κ1) is 12.4. The van der Waals surface area contributed by atoms with Gasteiger partial charge in [-0.2, -0.15) is 0 Å². The molecule has 0 saturated carbocycles. The number of phenolic OH excluding ortho intramolecular Hbond substituents is 1. The van der Waals surface area contributed by atoms with E-state index in [-0.39, 0.29) is 10.8 Å². The van der Waals surface area contributed by atoms with Crippen molar-refractivity contribution in [3.63, 3.8) is 0 Å². The van der Waals surface area contributed by atoms with E-state index >= 15 is 0 Å². The molecule has 1 aromatic carbocycles. The molecule has 0 fully saturated rings. The largest absolute Gasteiger partial charge is 0.508 e.